The monoisotopic (exact) mass is 252 g/mol. The predicted molar refractivity (Wildman–Crippen MR) is 63.2 cm³/mol. The molecule has 1 aromatic heterocycles. The number of hydrogen-bond acceptors (Lipinski definition) is 3. The molecule has 1 aromatic rings. The van der Waals surface area contributed by atoms with E-state index in [0.717, 1.165) is 12.2 Å². The van der Waals surface area contributed by atoms with Crippen LogP contribution in [0.1, 0.15) is 18.6 Å². The van der Waals surface area contributed by atoms with Crippen molar-refractivity contribution in [1.82, 2.24) is 10.2 Å². The van der Waals surface area contributed by atoms with E-state index in [1.54, 1.807) is 12.3 Å². The van der Waals surface area contributed by atoms with Gasteiger partial charge in [-0.25, -0.2) is 9.59 Å². The Labute approximate surface area is 105 Å². The van der Waals surface area contributed by atoms with E-state index in [-0.39, 0.29) is 6.03 Å². The first-order chi connectivity index (χ1) is 8.68. The molecule has 18 heavy (non-hydrogen) atoms. The first kappa shape index (κ1) is 12.5. The fourth-order valence-corrected chi connectivity index (χ4v) is 2.12. The maximum absolute atomic E-state index is 11.8. The number of likely N-dealkylation sites (tertiary alicyclic amines) is 1. The zero-order valence-electron chi connectivity index (χ0n) is 9.96. The van der Waals surface area contributed by atoms with Crippen molar-refractivity contribution < 1.29 is 19.1 Å². The third-order valence-electron chi connectivity index (χ3n) is 3.03. The first-order valence-electron chi connectivity index (χ1n) is 5.98. The lowest BCUT2D eigenvalue weighted by Crippen LogP contribution is -2.46. The number of rotatable bonds is 4. The van der Waals surface area contributed by atoms with Gasteiger partial charge in [0.2, 0.25) is 0 Å². The second-order valence-corrected chi connectivity index (χ2v) is 4.25. The van der Waals surface area contributed by atoms with Gasteiger partial charge in [0.1, 0.15) is 11.8 Å². The van der Waals surface area contributed by atoms with Crippen LogP contribution in [0.15, 0.2) is 22.8 Å². The highest BCUT2D eigenvalue weighted by molar-refractivity contribution is 5.83. The number of hydrogen-bond donors (Lipinski definition) is 2. The summed E-state index contributed by atoms with van der Waals surface area (Å²) in [6.07, 6.45) is 3.45. The zero-order chi connectivity index (χ0) is 13.0. The smallest absolute Gasteiger partial charge is 0.326 e. The lowest BCUT2D eigenvalue weighted by atomic mass is 10.2. The van der Waals surface area contributed by atoms with Gasteiger partial charge < -0.3 is 19.7 Å². The van der Waals surface area contributed by atoms with Gasteiger partial charge in [0.25, 0.3) is 0 Å². The largest absolute Gasteiger partial charge is 0.480 e. The maximum atomic E-state index is 11.8. The summed E-state index contributed by atoms with van der Waals surface area (Å²) >= 11 is 0. The lowest BCUT2D eigenvalue weighted by Gasteiger charge is -2.21. The van der Waals surface area contributed by atoms with Crippen molar-refractivity contribution in [1.29, 1.82) is 0 Å². The first-order valence-corrected chi connectivity index (χ1v) is 5.98. The molecule has 2 heterocycles. The number of amides is 2. The number of furan rings is 1. The van der Waals surface area contributed by atoms with Crippen LogP contribution >= 0.6 is 0 Å². The van der Waals surface area contributed by atoms with Crippen molar-refractivity contribution >= 4 is 12.0 Å². The summed E-state index contributed by atoms with van der Waals surface area (Å²) in [5, 5.41) is 11.7. The second kappa shape index (κ2) is 5.57. The molecule has 1 atom stereocenters. The number of nitrogens with zero attached hydrogens (tertiary/aromatic N) is 1. The van der Waals surface area contributed by atoms with E-state index in [9.17, 15) is 9.59 Å². The average molecular weight is 252 g/mol. The Morgan fingerprint density at radius 2 is 2.39 bits per heavy atom. The minimum Gasteiger partial charge on any atom is -0.480 e. The maximum Gasteiger partial charge on any atom is 0.326 e. The summed E-state index contributed by atoms with van der Waals surface area (Å²) in [4.78, 5) is 24.1. The number of aliphatic carboxylic acids is 1. The van der Waals surface area contributed by atoms with Gasteiger partial charge in [-0.3, -0.25) is 0 Å². The van der Waals surface area contributed by atoms with Gasteiger partial charge in [-0.15, -0.1) is 0 Å². The summed E-state index contributed by atoms with van der Waals surface area (Å²) in [5.41, 5.74) is 0. The molecule has 1 aliphatic heterocycles. The third-order valence-corrected chi connectivity index (χ3v) is 3.03. The molecule has 2 rings (SSSR count). The molecule has 1 aliphatic rings. The minimum atomic E-state index is -0.936. The van der Waals surface area contributed by atoms with E-state index >= 15 is 0 Å². The summed E-state index contributed by atoms with van der Waals surface area (Å²) in [7, 11) is 0. The molecular weight excluding hydrogens is 236 g/mol. The van der Waals surface area contributed by atoms with Crippen molar-refractivity contribution in [3.8, 4) is 0 Å². The Morgan fingerprint density at radius 3 is 3.06 bits per heavy atom. The van der Waals surface area contributed by atoms with E-state index in [0.29, 0.717) is 25.9 Å². The van der Waals surface area contributed by atoms with E-state index < -0.39 is 12.0 Å². The van der Waals surface area contributed by atoms with Gasteiger partial charge in [-0.05, 0) is 25.0 Å². The van der Waals surface area contributed by atoms with Crippen LogP contribution in [0.25, 0.3) is 0 Å². The van der Waals surface area contributed by atoms with Crippen LogP contribution in [0.3, 0.4) is 0 Å². The highest BCUT2D eigenvalue weighted by atomic mass is 16.4. The summed E-state index contributed by atoms with van der Waals surface area (Å²) < 4.78 is 5.14. The fourth-order valence-electron chi connectivity index (χ4n) is 2.12. The SMILES string of the molecule is O=C(O)[C@@H]1CCCN1C(=O)NCCc1ccco1. The quantitative estimate of drug-likeness (QED) is 0.840. The fraction of sp³-hybridized carbons (Fsp3) is 0.500. The molecule has 98 valence electrons. The van der Waals surface area contributed by atoms with Gasteiger partial charge >= 0.3 is 12.0 Å². The van der Waals surface area contributed by atoms with Crippen LogP contribution in [-0.2, 0) is 11.2 Å². The minimum absolute atomic E-state index is 0.313. The molecule has 2 amide bonds. The molecule has 2 N–H and O–H groups in total. The Hall–Kier alpha value is -1.98. The van der Waals surface area contributed by atoms with Crippen molar-refractivity contribution in [2.75, 3.05) is 13.1 Å². The molecule has 0 saturated carbocycles. The highest BCUT2D eigenvalue weighted by Crippen LogP contribution is 2.17. The molecule has 0 bridgehead atoms. The van der Waals surface area contributed by atoms with Gasteiger partial charge in [-0.1, -0.05) is 0 Å². The number of nitrogens with one attached hydrogen (secondary N) is 1. The van der Waals surface area contributed by atoms with Crippen LogP contribution in [0, 0.1) is 0 Å². The van der Waals surface area contributed by atoms with Crippen molar-refractivity contribution in [3.63, 3.8) is 0 Å². The molecule has 0 aromatic carbocycles. The predicted octanol–water partition coefficient (Wildman–Crippen LogP) is 1.08. The second-order valence-electron chi connectivity index (χ2n) is 4.25. The molecule has 6 nitrogen and oxygen atoms in total. The normalized spacial score (nSPS) is 18.9. The zero-order valence-corrected chi connectivity index (χ0v) is 9.96. The molecule has 6 heteroatoms. The van der Waals surface area contributed by atoms with Crippen LogP contribution in [0.4, 0.5) is 4.79 Å². The van der Waals surface area contributed by atoms with Crippen LogP contribution in [0.2, 0.25) is 0 Å². The Kier molecular flexibility index (Phi) is 3.86. The Morgan fingerprint density at radius 1 is 1.56 bits per heavy atom. The van der Waals surface area contributed by atoms with Gasteiger partial charge in [-0.2, -0.15) is 0 Å². The summed E-state index contributed by atoms with van der Waals surface area (Å²) in [5.74, 6) is -0.139. The number of carbonyl (C=O) groups excluding carboxylic acids is 1. The summed E-state index contributed by atoms with van der Waals surface area (Å²) in [6.45, 7) is 0.943. The summed E-state index contributed by atoms with van der Waals surface area (Å²) in [6, 6.07) is 2.63. The van der Waals surface area contributed by atoms with E-state index in [1.165, 1.54) is 4.90 Å². The topological polar surface area (TPSA) is 82.8 Å². The molecule has 0 unspecified atom stereocenters. The number of carboxylic acid groups (broad SMARTS) is 1. The molecular formula is C12H16N2O4. The molecule has 1 fully saturated rings. The van der Waals surface area contributed by atoms with Crippen molar-refractivity contribution in [2.45, 2.75) is 25.3 Å². The van der Waals surface area contributed by atoms with Gasteiger partial charge in [0, 0.05) is 19.5 Å². The standard InChI is InChI=1S/C12H16N2O4/c15-11(16)10-4-1-7-14(10)12(17)13-6-5-9-3-2-8-18-9/h2-3,8,10H,1,4-7H2,(H,13,17)(H,15,16)/t10-/m0/s1. The molecule has 0 aliphatic carbocycles. The van der Waals surface area contributed by atoms with E-state index in [1.807, 2.05) is 6.07 Å². The third kappa shape index (κ3) is 2.82. The van der Waals surface area contributed by atoms with Crippen molar-refractivity contribution in [2.24, 2.45) is 0 Å². The lowest BCUT2D eigenvalue weighted by molar-refractivity contribution is -0.141. The molecule has 1 saturated heterocycles. The van der Waals surface area contributed by atoms with E-state index in [2.05, 4.69) is 5.32 Å². The van der Waals surface area contributed by atoms with Crippen molar-refractivity contribution in [3.05, 3.63) is 24.2 Å². The average Bonchev–Trinajstić information content (AvgIpc) is 2.99. The number of carboxylic acids is 1. The van der Waals surface area contributed by atoms with Crippen LogP contribution in [0.5, 0.6) is 0 Å². The van der Waals surface area contributed by atoms with E-state index in [4.69, 9.17) is 9.52 Å². The Bertz CT molecular complexity index is 416. The van der Waals surface area contributed by atoms with Crippen LogP contribution in [-0.4, -0.2) is 41.1 Å². The highest BCUT2D eigenvalue weighted by Gasteiger charge is 2.33. The number of urea groups is 1. The van der Waals surface area contributed by atoms with Gasteiger partial charge in [0.15, 0.2) is 0 Å². The molecule has 0 radical (unpaired) electrons. The number of carbonyl (C=O) groups is 2. The van der Waals surface area contributed by atoms with Gasteiger partial charge in [0.05, 0.1) is 6.26 Å². The Balaban J connectivity index is 1.79. The molecule has 0 spiro atoms. The van der Waals surface area contributed by atoms with Crippen LogP contribution < -0.4 is 5.32 Å².